The minimum Gasteiger partial charge on any atom is -0.444 e. The molecule has 6 nitrogen and oxygen atoms in total. The van der Waals surface area contributed by atoms with Crippen LogP contribution in [-0.2, 0) is 4.74 Å². The standard InChI is InChI=1S/C14H19ClN2O4/c1-9(17(19)20)12(10-5-7-11(15)8-6-10)16-13(18)21-14(2,3)4/h5-9,12H,1-4H3,(H,16,18)/t9-,12+/m0/s1. The highest BCUT2D eigenvalue weighted by atomic mass is 35.5. The number of nitrogens with zero attached hydrogens (tertiary/aromatic N) is 1. The van der Waals surface area contributed by atoms with E-state index in [1.54, 1.807) is 45.0 Å². The van der Waals surface area contributed by atoms with Gasteiger partial charge in [-0.1, -0.05) is 23.7 Å². The monoisotopic (exact) mass is 314 g/mol. The molecule has 0 unspecified atom stereocenters. The number of halogens is 1. The predicted octanol–water partition coefficient (Wildman–Crippen LogP) is 3.57. The maximum Gasteiger partial charge on any atom is 0.408 e. The Hall–Kier alpha value is -1.82. The largest absolute Gasteiger partial charge is 0.444 e. The van der Waals surface area contributed by atoms with Crippen LogP contribution in [-0.4, -0.2) is 22.7 Å². The van der Waals surface area contributed by atoms with Gasteiger partial charge in [-0.3, -0.25) is 10.1 Å². The Morgan fingerprint density at radius 2 is 1.86 bits per heavy atom. The van der Waals surface area contributed by atoms with Gasteiger partial charge in [-0.05, 0) is 38.5 Å². The lowest BCUT2D eigenvalue weighted by Gasteiger charge is -2.24. The Morgan fingerprint density at radius 3 is 2.29 bits per heavy atom. The van der Waals surface area contributed by atoms with Crippen LogP contribution in [0.15, 0.2) is 24.3 Å². The van der Waals surface area contributed by atoms with E-state index in [0.29, 0.717) is 10.6 Å². The first-order valence-corrected chi connectivity index (χ1v) is 6.86. The number of nitrogens with one attached hydrogen (secondary N) is 1. The summed E-state index contributed by atoms with van der Waals surface area (Å²) in [5.41, 5.74) is -0.0820. The van der Waals surface area contributed by atoms with Gasteiger partial charge in [0.2, 0.25) is 6.04 Å². The molecule has 0 aliphatic rings. The fourth-order valence-electron chi connectivity index (χ4n) is 1.71. The molecule has 2 atom stereocenters. The summed E-state index contributed by atoms with van der Waals surface area (Å²) in [4.78, 5) is 22.4. The molecule has 1 rings (SSSR count). The first-order valence-electron chi connectivity index (χ1n) is 6.48. The van der Waals surface area contributed by atoms with Gasteiger partial charge in [0.25, 0.3) is 0 Å². The van der Waals surface area contributed by atoms with Crippen LogP contribution in [0.25, 0.3) is 0 Å². The Morgan fingerprint density at radius 1 is 1.33 bits per heavy atom. The minimum absolute atomic E-state index is 0.448. The highest BCUT2D eigenvalue weighted by molar-refractivity contribution is 6.30. The summed E-state index contributed by atoms with van der Waals surface area (Å²) in [6.07, 6.45) is -0.698. The van der Waals surface area contributed by atoms with Crippen LogP contribution in [0.4, 0.5) is 4.79 Å². The lowest BCUT2D eigenvalue weighted by Crippen LogP contribution is -2.41. The summed E-state index contributed by atoms with van der Waals surface area (Å²) in [6.45, 7) is 6.60. The quantitative estimate of drug-likeness (QED) is 0.680. The SMILES string of the molecule is C[C@@H]([C@@H](NC(=O)OC(C)(C)C)c1ccc(Cl)cc1)[N+](=O)[O-]. The number of alkyl carbamates (subject to hydrolysis) is 1. The molecule has 1 aromatic carbocycles. The summed E-state index contributed by atoms with van der Waals surface area (Å²) >= 11 is 5.81. The van der Waals surface area contributed by atoms with Crippen molar-refractivity contribution in [3.63, 3.8) is 0 Å². The van der Waals surface area contributed by atoms with Crippen molar-refractivity contribution in [1.82, 2.24) is 5.32 Å². The smallest absolute Gasteiger partial charge is 0.408 e. The average Bonchev–Trinajstić information content (AvgIpc) is 2.34. The number of hydrogen-bond acceptors (Lipinski definition) is 4. The summed E-state index contributed by atoms with van der Waals surface area (Å²) in [7, 11) is 0. The zero-order valence-electron chi connectivity index (χ0n) is 12.4. The third-order valence-electron chi connectivity index (χ3n) is 2.72. The van der Waals surface area contributed by atoms with Gasteiger partial charge >= 0.3 is 6.09 Å². The van der Waals surface area contributed by atoms with Crippen LogP contribution in [0.3, 0.4) is 0 Å². The molecule has 0 heterocycles. The molecule has 0 aliphatic heterocycles. The van der Waals surface area contributed by atoms with Gasteiger partial charge in [0.05, 0.1) is 0 Å². The second-order valence-corrected chi connectivity index (χ2v) is 6.14. The highest BCUT2D eigenvalue weighted by Crippen LogP contribution is 2.22. The van der Waals surface area contributed by atoms with Crippen LogP contribution in [0, 0.1) is 10.1 Å². The summed E-state index contributed by atoms with van der Waals surface area (Å²) in [5.74, 6) is 0. The molecule has 7 heteroatoms. The van der Waals surface area contributed by atoms with Crippen molar-refractivity contribution in [3.8, 4) is 0 Å². The van der Waals surface area contributed by atoms with Gasteiger partial charge in [-0.2, -0.15) is 0 Å². The van der Waals surface area contributed by atoms with Gasteiger partial charge in [-0.15, -0.1) is 0 Å². The second-order valence-electron chi connectivity index (χ2n) is 5.70. The molecule has 1 aromatic rings. The topological polar surface area (TPSA) is 81.5 Å². The van der Waals surface area contributed by atoms with Gasteiger partial charge < -0.3 is 10.1 Å². The molecule has 0 aromatic heterocycles. The molecule has 1 amide bonds. The van der Waals surface area contributed by atoms with Crippen molar-refractivity contribution in [2.75, 3.05) is 0 Å². The lowest BCUT2D eigenvalue weighted by atomic mass is 10.0. The molecule has 116 valence electrons. The number of nitro groups is 1. The maximum atomic E-state index is 11.9. The third-order valence-corrected chi connectivity index (χ3v) is 2.97. The Labute approximate surface area is 128 Å². The van der Waals surface area contributed by atoms with Gasteiger partial charge in [0, 0.05) is 16.9 Å². The minimum atomic E-state index is -1.00. The van der Waals surface area contributed by atoms with Crippen molar-refractivity contribution in [2.24, 2.45) is 0 Å². The first kappa shape index (κ1) is 17.2. The Kier molecular flexibility index (Phi) is 5.54. The normalized spacial score (nSPS) is 14.1. The lowest BCUT2D eigenvalue weighted by molar-refractivity contribution is -0.523. The van der Waals surface area contributed by atoms with E-state index in [1.807, 2.05) is 0 Å². The van der Waals surface area contributed by atoms with E-state index >= 15 is 0 Å². The zero-order valence-corrected chi connectivity index (χ0v) is 13.2. The van der Waals surface area contributed by atoms with Crippen LogP contribution >= 0.6 is 11.6 Å². The van der Waals surface area contributed by atoms with Crippen molar-refractivity contribution in [2.45, 2.75) is 45.4 Å². The number of benzene rings is 1. The number of hydrogen-bond donors (Lipinski definition) is 1. The molecule has 1 N–H and O–H groups in total. The fraction of sp³-hybridized carbons (Fsp3) is 0.500. The van der Waals surface area contributed by atoms with Crippen molar-refractivity contribution in [1.29, 1.82) is 0 Å². The first-order chi connectivity index (χ1) is 9.60. The summed E-state index contributed by atoms with van der Waals surface area (Å²) in [6, 6.07) is 4.72. The van der Waals surface area contributed by atoms with Gasteiger partial charge in [-0.25, -0.2) is 4.79 Å². The molecule has 0 fully saturated rings. The zero-order chi connectivity index (χ0) is 16.2. The van der Waals surface area contributed by atoms with Gasteiger partial charge in [0.15, 0.2) is 0 Å². The Balaban J connectivity index is 2.95. The maximum absolute atomic E-state index is 11.9. The van der Waals surface area contributed by atoms with Crippen LogP contribution in [0.5, 0.6) is 0 Å². The van der Waals surface area contributed by atoms with Crippen LogP contribution in [0.1, 0.15) is 39.3 Å². The Bertz CT molecular complexity index is 511. The molecule has 0 aliphatic carbocycles. The molecule has 0 spiro atoms. The molecule has 0 saturated carbocycles. The highest BCUT2D eigenvalue weighted by Gasteiger charge is 2.31. The summed E-state index contributed by atoms with van der Waals surface area (Å²) < 4.78 is 5.14. The van der Waals surface area contributed by atoms with E-state index in [-0.39, 0.29) is 0 Å². The summed E-state index contributed by atoms with van der Waals surface area (Å²) in [5, 5.41) is 14.1. The van der Waals surface area contributed by atoms with E-state index in [2.05, 4.69) is 5.32 Å². The molecular formula is C14H19ClN2O4. The number of carbonyl (C=O) groups excluding carboxylic acids is 1. The van der Waals surface area contributed by atoms with Gasteiger partial charge in [0.1, 0.15) is 11.6 Å². The van der Waals surface area contributed by atoms with E-state index in [9.17, 15) is 14.9 Å². The molecule has 0 bridgehead atoms. The molecule has 0 saturated heterocycles. The van der Waals surface area contributed by atoms with Crippen molar-refractivity contribution in [3.05, 3.63) is 45.0 Å². The van der Waals surface area contributed by atoms with Crippen LogP contribution < -0.4 is 5.32 Å². The molecular weight excluding hydrogens is 296 g/mol. The molecule has 0 radical (unpaired) electrons. The third kappa shape index (κ3) is 5.59. The number of amides is 1. The van der Waals surface area contributed by atoms with E-state index in [1.165, 1.54) is 6.92 Å². The molecule has 21 heavy (non-hydrogen) atoms. The van der Waals surface area contributed by atoms with E-state index < -0.39 is 28.7 Å². The van der Waals surface area contributed by atoms with Crippen molar-refractivity contribution >= 4 is 17.7 Å². The number of rotatable bonds is 4. The van der Waals surface area contributed by atoms with Crippen LogP contribution in [0.2, 0.25) is 5.02 Å². The fourth-order valence-corrected chi connectivity index (χ4v) is 1.83. The van der Waals surface area contributed by atoms with E-state index in [4.69, 9.17) is 16.3 Å². The number of carbonyl (C=O) groups is 1. The van der Waals surface area contributed by atoms with E-state index in [0.717, 1.165) is 0 Å². The average molecular weight is 315 g/mol. The predicted molar refractivity (Wildman–Crippen MR) is 80.0 cm³/mol. The second kappa shape index (κ2) is 6.76. The van der Waals surface area contributed by atoms with Crippen molar-refractivity contribution < 1.29 is 14.5 Å². The number of ether oxygens (including phenoxy) is 1.